The van der Waals surface area contributed by atoms with Crippen LogP contribution in [0.2, 0.25) is 0 Å². The van der Waals surface area contributed by atoms with Crippen LogP contribution in [0.1, 0.15) is 11.1 Å². The summed E-state index contributed by atoms with van der Waals surface area (Å²) in [7, 11) is -4.25. The molecule has 0 heterocycles. The lowest BCUT2D eigenvalue weighted by molar-refractivity contribution is 0.462. The van der Waals surface area contributed by atoms with E-state index in [2.05, 4.69) is 15.6 Å². The standard InChI is InChI=1S/C17H21N3O3S/c21-24(22,23)12-11-18-17(19-13-15-7-3-1-4-8-15)20-14-16-9-5-2-6-10-16/h1-10H,11-14H2,(H2,18,19,20)(H,21,22,23)/p-1. The van der Waals surface area contributed by atoms with Gasteiger partial charge in [0.25, 0.3) is 0 Å². The quantitative estimate of drug-likeness (QED) is 0.450. The second kappa shape index (κ2) is 9.05. The Balaban J connectivity index is 1.97. The zero-order valence-corrected chi connectivity index (χ0v) is 14.0. The van der Waals surface area contributed by atoms with Gasteiger partial charge in [0.15, 0.2) is 5.96 Å². The summed E-state index contributed by atoms with van der Waals surface area (Å²) in [5, 5.41) is 6.01. The largest absolute Gasteiger partial charge is 0.748 e. The molecule has 24 heavy (non-hydrogen) atoms. The minimum Gasteiger partial charge on any atom is -0.748 e. The number of nitrogens with one attached hydrogen (secondary N) is 2. The SMILES string of the molecule is O=S(=O)([O-])CCNC(=NCc1ccccc1)NCc1ccccc1. The van der Waals surface area contributed by atoms with Crippen molar-refractivity contribution in [3.8, 4) is 0 Å². The van der Waals surface area contributed by atoms with Gasteiger partial charge in [0, 0.05) is 13.1 Å². The first-order valence-electron chi connectivity index (χ1n) is 7.56. The second-order valence-corrected chi connectivity index (χ2v) is 6.70. The Morgan fingerprint density at radius 3 is 2.08 bits per heavy atom. The number of rotatable bonds is 7. The van der Waals surface area contributed by atoms with Crippen molar-refractivity contribution >= 4 is 16.1 Å². The third kappa shape index (κ3) is 7.26. The van der Waals surface area contributed by atoms with E-state index in [1.807, 2.05) is 60.7 Å². The van der Waals surface area contributed by atoms with Crippen LogP contribution in [0.4, 0.5) is 0 Å². The molecule has 0 saturated heterocycles. The molecule has 128 valence electrons. The Kier molecular flexibility index (Phi) is 6.77. The summed E-state index contributed by atoms with van der Waals surface area (Å²) < 4.78 is 32.1. The fourth-order valence-corrected chi connectivity index (χ4v) is 2.36. The molecule has 2 rings (SSSR count). The molecule has 0 aliphatic carbocycles. The fourth-order valence-electron chi connectivity index (χ4n) is 2.00. The molecule has 0 radical (unpaired) electrons. The Morgan fingerprint density at radius 2 is 1.50 bits per heavy atom. The Morgan fingerprint density at radius 1 is 0.917 bits per heavy atom. The third-order valence-electron chi connectivity index (χ3n) is 3.21. The third-order valence-corrected chi connectivity index (χ3v) is 3.91. The predicted molar refractivity (Wildman–Crippen MR) is 93.4 cm³/mol. The molecule has 0 aliphatic heterocycles. The van der Waals surface area contributed by atoms with Crippen molar-refractivity contribution in [2.24, 2.45) is 4.99 Å². The molecule has 0 aromatic heterocycles. The summed E-state index contributed by atoms with van der Waals surface area (Å²) in [6, 6.07) is 19.5. The van der Waals surface area contributed by atoms with Gasteiger partial charge in [-0.15, -0.1) is 0 Å². The average molecular weight is 346 g/mol. The van der Waals surface area contributed by atoms with Gasteiger partial charge < -0.3 is 15.2 Å². The predicted octanol–water partition coefficient (Wildman–Crippen LogP) is 1.47. The summed E-state index contributed by atoms with van der Waals surface area (Å²) in [5.74, 6) is -0.0176. The first kappa shape index (κ1) is 18.0. The maximum Gasteiger partial charge on any atom is 0.191 e. The molecule has 0 amide bonds. The van der Waals surface area contributed by atoms with Crippen molar-refractivity contribution in [2.75, 3.05) is 12.3 Å². The average Bonchev–Trinajstić information content (AvgIpc) is 2.57. The molecule has 2 aromatic carbocycles. The summed E-state index contributed by atoms with van der Waals surface area (Å²) in [6.45, 7) is 1.02. The van der Waals surface area contributed by atoms with Gasteiger partial charge in [-0.1, -0.05) is 60.7 Å². The summed E-state index contributed by atoms with van der Waals surface area (Å²) in [4.78, 5) is 4.43. The topological polar surface area (TPSA) is 93.6 Å². The van der Waals surface area contributed by atoms with Crippen LogP contribution in [0.3, 0.4) is 0 Å². The van der Waals surface area contributed by atoms with E-state index in [-0.39, 0.29) is 6.54 Å². The maximum absolute atomic E-state index is 10.7. The van der Waals surface area contributed by atoms with E-state index >= 15 is 0 Å². The lowest BCUT2D eigenvalue weighted by Crippen LogP contribution is -2.39. The van der Waals surface area contributed by atoms with Gasteiger partial charge in [-0.2, -0.15) is 0 Å². The van der Waals surface area contributed by atoms with Gasteiger partial charge in [-0.25, -0.2) is 13.4 Å². The van der Waals surface area contributed by atoms with Crippen molar-refractivity contribution in [3.05, 3.63) is 71.8 Å². The molecular weight excluding hydrogens is 326 g/mol. The van der Waals surface area contributed by atoms with Crippen molar-refractivity contribution in [1.82, 2.24) is 10.6 Å². The summed E-state index contributed by atoms with van der Waals surface area (Å²) in [6.07, 6.45) is 0. The van der Waals surface area contributed by atoms with Crippen molar-refractivity contribution < 1.29 is 13.0 Å². The van der Waals surface area contributed by atoms with Gasteiger partial charge in [-0.3, -0.25) is 0 Å². The first-order chi connectivity index (χ1) is 11.5. The molecule has 0 unspecified atom stereocenters. The number of guanidine groups is 1. The zero-order chi connectivity index (χ0) is 17.3. The van der Waals surface area contributed by atoms with Gasteiger partial charge in [0.05, 0.1) is 22.4 Å². The molecule has 2 N–H and O–H groups in total. The van der Waals surface area contributed by atoms with Gasteiger partial charge in [0.2, 0.25) is 0 Å². The van der Waals surface area contributed by atoms with Crippen LogP contribution in [0.5, 0.6) is 0 Å². The number of nitrogens with zero attached hydrogens (tertiary/aromatic N) is 1. The van der Waals surface area contributed by atoms with E-state index in [9.17, 15) is 13.0 Å². The highest BCUT2D eigenvalue weighted by Gasteiger charge is 2.01. The molecule has 2 aromatic rings. The fraction of sp³-hybridized carbons (Fsp3) is 0.235. The minimum atomic E-state index is -4.25. The Labute approximate surface area is 142 Å². The summed E-state index contributed by atoms with van der Waals surface area (Å²) >= 11 is 0. The molecule has 0 fully saturated rings. The van der Waals surface area contributed by atoms with E-state index < -0.39 is 15.9 Å². The Bertz CT molecular complexity index is 747. The van der Waals surface area contributed by atoms with Crippen molar-refractivity contribution in [1.29, 1.82) is 0 Å². The molecule has 6 nitrogen and oxygen atoms in total. The van der Waals surface area contributed by atoms with Crippen LogP contribution in [0.25, 0.3) is 0 Å². The maximum atomic E-state index is 10.7. The van der Waals surface area contributed by atoms with E-state index in [1.165, 1.54) is 0 Å². The van der Waals surface area contributed by atoms with Gasteiger partial charge in [0.1, 0.15) is 0 Å². The zero-order valence-electron chi connectivity index (χ0n) is 13.2. The van der Waals surface area contributed by atoms with Crippen LogP contribution in [0.15, 0.2) is 65.7 Å². The number of aliphatic imine (C=N–C) groups is 1. The lowest BCUT2D eigenvalue weighted by atomic mass is 10.2. The molecule has 0 aliphatic rings. The van der Waals surface area contributed by atoms with E-state index in [0.717, 1.165) is 11.1 Å². The van der Waals surface area contributed by atoms with Gasteiger partial charge >= 0.3 is 0 Å². The summed E-state index contributed by atoms with van der Waals surface area (Å²) in [5.41, 5.74) is 2.11. The number of benzene rings is 2. The van der Waals surface area contributed by atoms with Crippen LogP contribution < -0.4 is 10.6 Å². The molecule has 0 saturated carbocycles. The highest BCUT2D eigenvalue weighted by atomic mass is 32.2. The van der Waals surface area contributed by atoms with Crippen LogP contribution in [0, 0.1) is 0 Å². The van der Waals surface area contributed by atoms with E-state index in [0.29, 0.717) is 19.0 Å². The van der Waals surface area contributed by atoms with E-state index in [4.69, 9.17) is 0 Å². The molecule has 0 spiro atoms. The molecule has 7 heteroatoms. The highest BCUT2D eigenvalue weighted by Crippen LogP contribution is 2.01. The number of hydrogen-bond donors (Lipinski definition) is 2. The number of hydrogen-bond acceptors (Lipinski definition) is 4. The van der Waals surface area contributed by atoms with E-state index in [1.54, 1.807) is 0 Å². The lowest BCUT2D eigenvalue weighted by Gasteiger charge is -2.14. The Hall–Kier alpha value is -2.38. The van der Waals surface area contributed by atoms with Crippen LogP contribution >= 0.6 is 0 Å². The second-order valence-electron chi connectivity index (χ2n) is 5.18. The van der Waals surface area contributed by atoms with Gasteiger partial charge in [-0.05, 0) is 11.1 Å². The molecule has 0 bridgehead atoms. The van der Waals surface area contributed by atoms with Crippen LogP contribution in [-0.4, -0.2) is 31.2 Å². The highest BCUT2D eigenvalue weighted by molar-refractivity contribution is 7.85. The first-order valence-corrected chi connectivity index (χ1v) is 9.14. The van der Waals surface area contributed by atoms with Crippen LogP contribution in [-0.2, 0) is 23.2 Å². The molecule has 0 atom stereocenters. The minimum absolute atomic E-state index is 0.0151. The van der Waals surface area contributed by atoms with Crippen molar-refractivity contribution in [3.63, 3.8) is 0 Å². The molecular formula is C17H20N3O3S-. The smallest absolute Gasteiger partial charge is 0.191 e. The normalized spacial score (nSPS) is 12.0. The van der Waals surface area contributed by atoms with Crippen molar-refractivity contribution in [2.45, 2.75) is 13.1 Å². The monoisotopic (exact) mass is 346 g/mol.